The van der Waals surface area contributed by atoms with Crippen LogP contribution in [0.1, 0.15) is 43.5 Å². The zero-order chi connectivity index (χ0) is 21.1. The molecule has 0 radical (unpaired) electrons. The van der Waals surface area contributed by atoms with Gasteiger partial charge in [-0.15, -0.1) is 0 Å². The monoisotopic (exact) mass is 468 g/mol. The van der Waals surface area contributed by atoms with Crippen molar-refractivity contribution >= 4 is 27.9 Å². The Kier molecular flexibility index (Phi) is 6.93. The van der Waals surface area contributed by atoms with Crippen molar-refractivity contribution in [1.82, 2.24) is 9.80 Å². The summed E-state index contributed by atoms with van der Waals surface area (Å²) < 4.78 is 16.6. The molecule has 0 bridgehead atoms. The first-order chi connectivity index (χ1) is 13.9. The number of likely N-dealkylation sites (tertiary alicyclic amines) is 1. The van der Waals surface area contributed by atoms with E-state index in [1.54, 1.807) is 26.4 Å². The van der Waals surface area contributed by atoms with Crippen molar-refractivity contribution in [2.45, 2.75) is 45.2 Å². The molecule has 2 fully saturated rings. The van der Waals surface area contributed by atoms with Gasteiger partial charge in [0.2, 0.25) is 0 Å². The number of piperidine rings is 1. The lowest BCUT2D eigenvalue weighted by Gasteiger charge is -2.39. The Bertz CT molecular complexity index is 764. The third-order valence-electron chi connectivity index (χ3n) is 6.10. The minimum atomic E-state index is -0.220. The van der Waals surface area contributed by atoms with E-state index in [2.05, 4.69) is 29.8 Å². The number of carbonyl (C=O) groups is 2. The van der Waals surface area contributed by atoms with Gasteiger partial charge in [-0.25, -0.2) is 4.79 Å². The molecular formula is C21H29BrN2O5. The molecule has 0 aliphatic carbocycles. The van der Waals surface area contributed by atoms with Gasteiger partial charge in [0, 0.05) is 23.6 Å². The summed E-state index contributed by atoms with van der Waals surface area (Å²) in [5.41, 5.74) is 0.541. The quantitative estimate of drug-likeness (QED) is 0.632. The Hall–Kier alpha value is -1.96. The number of benzene rings is 1. The maximum absolute atomic E-state index is 13.1. The molecule has 0 spiro atoms. The normalized spacial score (nSPS) is 21.1. The van der Waals surface area contributed by atoms with Crippen LogP contribution in [0, 0.1) is 5.92 Å². The highest BCUT2D eigenvalue weighted by molar-refractivity contribution is 9.10. The lowest BCUT2D eigenvalue weighted by atomic mass is 9.95. The number of rotatable bonds is 6. The van der Waals surface area contributed by atoms with Crippen LogP contribution < -0.4 is 9.47 Å². The van der Waals surface area contributed by atoms with Gasteiger partial charge in [-0.1, -0.05) is 20.3 Å². The molecule has 2 atom stereocenters. The molecule has 2 saturated heterocycles. The number of halogens is 1. The number of nitrogens with zero attached hydrogens (tertiary/aromatic N) is 2. The van der Waals surface area contributed by atoms with E-state index in [-0.39, 0.29) is 24.1 Å². The predicted octanol–water partition coefficient (Wildman–Crippen LogP) is 3.94. The average molecular weight is 469 g/mol. The third kappa shape index (κ3) is 4.32. The Labute approximate surface area is 180 Å². The van der Waals surface area contributed by atoms with Crippen LogP contribution >= 0.6 is 15.9 Å². The van der Waals surface area contributed by atoms with E-state index in [1.165, 1.54) is 0 Å². The van der Waals surface area contributed by atoms with Gasteiger partial charge in [0.1, 0.15) is 6.61 Å². The minimum Gasteiger partial charge on any atom is -0.493 e. The summed E-state index contributed by atoms with van der Waals surface area (Å²) in [6.07, 6.45) is 2.28. The highest BCUT2D eigenvalue weighted by Crippen LogP contribution is 2.35. The van der Waals surface area contributed by atoms with E-state index < -0.39 is 0 Å². The fourth-order valence-electron chi connectivity index (χ4n) is 4.11. The average Bonchev–Trinajstić information content (AvgIpc) is 3.13. The first-order valence-electron chi connectivity index (χ1n) is 10.1. The molecular weight excluding hydrogens is 440 g/mol. The molecule has 3 rings (SSSR count). The number of ether oxygens (including phenoxy) is 3. The van der Waals surface area contributed by atoms with Crippen LogP contribution in [0.15, 0.2) is 16.6 Å². The van der Waals surface area contributed by atoms with Crippen molar-refractivity contribution in [1.29, 1.82) is 0 Å². The van der Waals surface area contributed by atoms with E-state index in [4.69, 9.17) is 14.2 Å². The molecule has 0 saturated carbocycles. The van der Waals surface area contributed by atoms with Gasteiger partial charge in [0.05, 0.1) is 25.8 Å². The molecule has 160 valence electrons. The molecule has 2 aliphatic heterocycles. The van der Waals surface area contributed by atoms with Crippen LogP contribution in [0.25, 0.3) is 0 Å². The number of methoxy groups -OCH3 is 2. The Morgan fingerprint density at radius 1 is 1.24 bits per heavy atom. The highest BCUT2D eigenvalue weighted by atomic mass is 79.9. The zero-order valence-electron chi connectivity index (χ0n) is 17.4. The maximum atomic E-state index is 13.1. The standard InChI is InChI=1S/C21H29BrN2O5/c1-5-13(2)17-12-29-21(26)24(17)14-6-8-23(9-7-14)20(25)15-10-18(27-3)19(28-4)11-16(15)22/h10-11,13-14,17H,5-9,12H2,1-4H3/t13-,17-/m0/s1. The van der Waals surface area contributed by atoms with Gasteiger partial charge in [-0.3, -0.25) is 9.69 Å². The summed E-state index contributed by atoms with van der Waals surface area (Å²) in [5, 5.41) is 0. The van der Waals surface area contributed by atoms with Crippen molar-refractivity contribution in [3.63, 3.8) is 0 Å². The lowest BCUT2D eigenvalue weighted by Crippen LogP contribution is -2.51. The third-order valence-corrected chi connectivity index (χ3v) is 6.75. The fraction of sp³-hybridized carbons (Fsp3) is 0.619. The van der Waals surface area contributed by atoms with E-state index in [1.807, 2.05) is 9.80 Å². The molecule has 2 amide bonds. The van der Waals surface area contributed by atoms with Gasteiger partial charge >= 0.3 is 6.09 Å². The van der Waals surface area contributed by atoms with Crippen LogP contribution in [0.3, 0.4) is 0 Å². The number of amides is 2. The maximum Gasteiger partial charge on any atom is 0.410 e. The van der Waals surface area contributed by atoms with Gasteiger partial charge in [0.25, 0.3) is 5.91 Å². The summed E-state index contributed by atoms with van der Waals surface area (Å²) in [7, 11) is 3.11. The lowest BCUT2D eigenvalue weighted by molar-refractivity contribution is 0.0613. The smallest absolute Gasteiger partial charge is 0.410 e. The Morgan fingerprint density at radius 3 is 2.45 bits per heavy atom. The van der Waals surface area contributed by atoms with Crippen LogP contribution in [0.5, 0.6) is 11.5 Å². The minimum absolute atomic E-state index is 0.0567. The van der Waals surface area contributed by atoms with Crippen molar-refractivity contribution < 1.29 is 23.8 Å². The number of cyclic esters (lactones) is 1. The van der Waals surface area contributed by atoms with Crippen LogP contribution in [0.4, 0.5) is 4.79 Å². The molecule has 2 heterocycles. The second-order valence-corrected chi connectivity index (χ2v) is 8.50. The first kappa shape index (κ1) is 21.7. The Balaban J connectivity index is 1.69. The summed E-state index contributed by atoms with van der Waals surface area (Å²) in [5.74, 6) is 1.42. The summed E-state index contributed by atoms with van der Waals surface area (Å²) in [4.78, 5) is 29.2. The molecule has 7 nitrogen and oxygen atoms in total. The van der Waals surface area contributed by atoms with E-state index in [9.17, 15) is 9.59 Å². The molecule has 0 N–H and O–H groups in total. The summed E-state index contributed by atoms with van der Waals surface area (Å²) in [6.45, 7) is 5.95. The largest absolute Gasteiger partial charge is 0.493 e. The van der Waals surface area contributed by atoms with Crippen molar-refractivity contribution in [3.05, 3.63) is 22.2 Å². The second-order valence-electron chi connectivity index (χ2n) is 7.65. The van der Waals surface area contributed by atoms with Gasteiger partial charge < -0.3 is 19.1 Å². The molecule has 1 aromatic carbocycles. The SMILES string of the molecule is CC[C@H](C)[C@@H]1COC(=O)N1C1CCN(C(=O)c2cc(OC)c(OC)cc2Br)CC1. The van der Waals surface area contributed by atoms with Crippen molar-refractivity contribution in [2.24, 2.45) is 5.92 Å². The second kappa shape index (κ2) is 9.24. The number of hydrogen-bond acceptors (Lipinski definition) is 5. The van der Waals surface area contributed by atoms with Crippen molar-refractivity contribution in [2.75, 3.05) is 33.9 Å². The molecule has 8 heteroatoms. The molecule has 2 aliphatic rings. The van der Waals surface area contributed by atoms with E-state index >= 15 is 0 Å². The topological polar surface area (TPSA) is 68.3 Å². The fourth-order valence-corrected chi connectivity index (χ4v) is 4.60. The van der Waals surface area contributed by atoms with Gasteiger partial charge in [-0.05, 0) is 46.8 Å². The van der Waals surface area contributed by atoms with Crippen LogP contribution in [0.2, 0.25) is 0 Å². The van der Waals surface area contributed by atoms with E-state index in [0.29, 0.717) is 47.1 Å². The first-order valence-corrected chi connectivity index (χ1v) is 10.9. The van der Waals surface area contributed by atoms with Crippen LogP contribution in [-0.4, -0.2) is 67.8 Å². The predicted molar refractivity (Wildman–Crippen MR) is 113 cm³/mol. The number of hydrogen-bond donors (Lipinski definition) is 0. The highest BCUT2D eigenvalue weighted by Gasteiger charge is 2.41. The molecule has 1 aromatic rings. The summed E-state index contributed by atoms with van der Waals surface area (Å²) >= 11 is 3.47. The number of carbonyl (C=O) groups excluding carboxylic acids is 2. The van der Waals surface area contributed by atoms with Gasteiger partial charge in [-0.2, -0.15) is 0 Å². The zero-order valence-corrected chi connectivity index (χ0v) is 19.0. The van der Waals surface area contributed by atoms with Gasteiger partial charge in [0.15, 0.2) is 11.5 Å². The van der Waals surface area contributed by atoms with Crippen LogP contribution in [-0.2, 0) is 4.74 Å². The Morgan fingerprint density at radius 2 is 1.86 bits per heavy atom. The molecule has 0 unspecified atom stereocenters. The molecule has 29 heavy (non-hydrogen) atoms. The van der Waals surface area contributed by atoms with Crippen molar-refractivity contribution in [3.8, 4) is 11.5 Å². The van der Waals surface area contributed by atoms with E-state index in [0.717, 1.165) is 19.3 Å². The molecule has 0 aromatic heterocycles. The summed E-state index contributed by atoms with van der Waals surface area (Å²) in [6, 6.07) is 3.69.